The van der Waals surface area contributed by atoms with Crippen LogP contribution in [-0.2, 0) is 16.0 Å². The second-order valence-electron chi connectivity index (χ2n) is 7.09. The fourth-order valence-electron chi connectivity index (χ4n) is 3.36. The highest BCUT2D eigenvalue weighted by molar-refractivity contribution is 5.82. The molecule has 13 nitrogen and oxygen atoms in total. The van der Waals surface area contributed by atoms with Crippen molar-refractivity contribution in [2.75, 3.05) is 18.6 Å². The summed E-state index contributed by atoms with van der Waals surface area (Å²) in [6.07, 6.45) is -2.54. The third-order valence-corrected chi connectivity index (χ3v) is 4.99. The number of fused-ring (bicyclic) bond motifs is 1. The molecule has 1 aliphatic heterocycles. The number of rotatable bonds is 7. The van der Waals surface area contributed by atoms with Crippen LogP contribution in [0.1, 0.15) is 11.8 Å². The van der Waals surface area contributed by atoms with Crippen molar-refractivity contribution in [2.24, 2.45) is 5.73 Å². The number of nitrogens with zero attached hydrogens (tertiary/aromatic N) is 4. The van der Waals surface area contributed by atoms with E-state index in [1.54, 1.807) is 24.3 Å². The van der Waals surface area contributed by atoms with Gasteiger partial charge in [0.25, 0.3) is 0 Å². The normalized spacial score (nSPS) is 22.7. The number of carbonyl (C=O) groups is 1. The molecule has 170 valence electrons. The van der Waals surface area contributed by atoms with Crippen LogP contribution in [0.15, 0.2) is 36.9 Å². The summed E-state index contributed by atoms with van der Waals surface area (Å²) in [5, 5.41) is 35.6. The van der Waals surface area contributed by atoms with Crippen LogP contribution < -0.4 is 16.4 Å². The van der Waals surface area contributed by atoms with Crippen LogP contribution in [0.25, 0.3) is 11.2 Å². The molecule has 1 fully saturated rings. The lowest BCUT2D eigenvalue weighted by Gasteiger charge is -2.16. The van der Waals surface area contributed by atoms with E-state index in [-0.39, 0.29) is 19.0 Å². The molecule has 2 aromatic heterocycles. The Hall–Kier alpha value is -3.52. The molecule has 0 radical (unpaired) electrons. The second-order valence-corrected chi connectivity index (χ2v) is 7.09. The van der Waals surface area contributed by atoms with Crippen LogP contribution in [0.5, 0.6) is 5.75 Å². The lowest BCUT2D eigenvalue weighted by molar-refractivity contribution is -0.0532. The maximum Gasteiger partial charge on any atom is 0.408 e. The van der Waals surface area contributed by atoms with Gasteiger partial charge in [-0.3, -0.25) is 4.57 Å². The number of aliphatic hydroxyl groups is 2. The van der Waals surface area contributed by atoms with E-state index in [2.05, 4.69) is 25.6 Å². The topological polar surface area (TPSA) is 190 Å². The highest BCUT2D eigenvalue weighted by atomic mass is 16.6. The van der Waals surface area contributed by atoms with Gasteiger partial charge in [0, 0.05) is 6.54 Å². The van der Waals surface area contributed by atoms with Crippen molar-refractivity contribution < 1.29 is 29.6 Å². The lowest BCUT2D eigenvalue weighted by atomic mass is 10.1. The average molecular weight is 445 g/mol. The molecule has 7 N–H and O–H groups in total. The van der Waals surface area contributed by atoms with Gasteiger partial charge in [-0.1, -0.05) is 12.1 Å². The summed E-state index contributed by atoms with van der Waals surface area (Å²) in [7, 11) is 0. The molecule has 0 spiro atoms. The monoisotopic (exact) mass is 445 g/mol. The molecule has 1 unspecified atom stereocenters. The molecule has 1 amide bonds. The molecule has 1 aliphatic rings. The number of aliphatic hydroxyl groups excluding tert-OH is 2. The first-order chi connectivity index (χ1) is 15.5. The Balaban J connectivity index is 1.49. The molecule has 4 atom stereocenters. The third-order valence-electron chi connectivity index (χ3n) is 4.99. The first-order valence-electron chi connectivity index (χ1n) is 9.79. The number of hydrogen-bond acceptors (Lipinski definition) is 11. The van der Waals surface area contributed by atoms with Gasteiger partial charge < -0.3 is 41.2 Å². The van der Waals surface area contributed by atoms with Gasteiger partial charge >= 0.3 is 6.09 Å². The first kappa shape index (κ1) is 21.7. The number of aromatic hydroxyl groups is 1. The van der Waals surface area contributed by atoms with Gasteiger partial charge in [0.1, 0.15) is 37.0 Å². The average Bonchev–Trinajstić information content (AvgIpc) is 3.34. The van der Waals surface area contributed by atoms with Crippen molar-refractivity contribution in [2.45, 2.75) is 31.1 Å². The fourth-order valence-corrected chi connectivity index (χ4v) is 3.36. The van der Waals surface area contributed by atoms with E-state index in [0.29, 0.717) is 23.5 Å². The van der Waals surface area contributed by atoms with E-state index >= 15 is 0 Å². The van der Waals surface area contributed by atoms with Crippen molar-refractivity contribution in [1.29, 1.82) is 0 Å². The molecular weight excluding hydrogens is 422 g/mol. The number of phenols is 1. The van der Waals surface area contributed by atoms with Crippen LogP contribution in [0, 0.1) is 0 Å². The summed E-state index contributed by atoms with van der Waals surface area (Å²) in [5.74, 6) is 0.645. The van der Waals surface area contributed by atoms with Crippen LogP contribution in [0.4, 0.5) is 10.6 Å². The van der Waals surface area contributed by atoms with E-state index in [1.807, 2.05) is 0 Å². The molecule has 3 aromatic rings. The number of benzene rings is 1. The van der Waals surface area contributed by atoms with Gasteiger partial charge in [-0.15, -0.1) is 0 Å². The van der Waals surface area contributed by atoms with Crippen molar-refractivity contribution in [3.63, 3.8) is 0 Å². The quantitative estimate of drug-likeness (QED) is 0.255. The third kappa shape index (κ3) is 4.40. The molecule has 0 saturated carbocycles. The van der Waals surface area contributed by atoms with E-state index < -0.39 is 30.6 Å². The number of hydrogen-bond donors (Lipinski definition) is 6. The SMILES string of the molecule is NCNC(=O)OC[C@H]1O[C@@H](n2cnc3c(NCc4ccc(O)cc4)ncnc32)[C@@H](O)C1O. The molecule has 32 heavy (non-hydrogen) atoms. The number of phenolic OH excluding ortho intramolecular Hbond substituents is 1. The van der Waals surface area contributed by atoms with Crippen molar-refractivity contribution in [3.8, 4) is 5.75 Å². The minimum Gasteiger partial charge on any atom is -0.508 e. The number of anilines is 1. The molecule has 4 rings (SSSR count). The van der Waals surface area contributed by atoms with Gasteiger partial charge in [-0.2, -0.15) is 0 Å². The Labute approximate surface area is 181 Å². The molecule has 3 heterocycles. The molecule has 0 bridgehead atoms. The zero-order chi connectivity index (χ0) is 22.7. The molecule has 0 aliphatic carbocycles. The number of alkyl carbamates (subject to hydrolysis) is 1. The minimum atomic E-state index is -1.30. The number of nitrogens with two attached hydrogens (primary N) is 1. The van der Waals surface area contributed by atoms with Crippen molar-refractivity contribution in [3.05, 3.63) is 42.5 Å². The van der Waals surface area contributed by atoms with Gasteiger partial charge in [0.15, 0.2) is 23.2 Å². The first-order valence-corrected chi connectivity index (χ1v) is 9.79. The van der Waals surface area contributed by atoms with Gasteiger partial charge in [-0.05, 0) is 17.7 Å². The summed E-state index contributed by atoms with van der Waals surface area (Å²) >= 11 is 0. The summed E-state index contributed by atoms with van der Waals surface area (Å²) in [6, 6.07) is 6.73. The van der Waals surface area contributed by atoms with Crippen LogP contribution in [0.3, 0.4) is 0 Å². The van der Waals surface area contributed by atoms with Crippen molar-refractivity contribution >= 4 is 23.1 Å². The minimum absolute atomic E-state index is 0.0952. The van der Waals surface area contributed by atoms with Crippen LogP contribution in [-0.4, -0.2) is 72.5 Å². The van der Waals surface area contributed by atoms with E-state index in [1.165, 1.54) is 17.2 Å². The summed E-state index contributed by atoms with van der Waals surface area (Å²) < 4.78 is 12.1. The summed E-state index contributed by atoms with van der Waals surface area (Å²) in [6.45, 7) is 0.0639. The molecule has 13 heteroatoms. The highest BCUT2D eigenvalue weighted by Crippen LogP contribution is 2.32. The molecular formula is C19H23N7O6. The number of imidazole rings is 1. The maximum absolute atomic E-state index is 11.4. The Bertz CT molecular complexity index is 1080. The van der Waals surface area contributed by atoms with Gasteiger partial charge in [0.05, 0.1) is 13.0 Å². The van der Waals surface area contributed by atoms with Crippen LogP contribution in [0.2, 0.25) is 0 Å². The lowest BCUT2D eigenvalue weighted by Crippen LogP contribution is -2.37. The second kappa shape index (κ2) is 9.32. The maximum atomic E-state index is 11.4. The number of ether oxygens (including phenoxy) is 2. The van der Waals surface area contributed by atoms with Crippen molar-refractivity contribution in [1.82, 2.24) is 24.8 Å². The Morgan fingerprint density at radius 1 is 1.19 bits per heavy atom. The Morgan fingerprint density at radius 3 is 2.72 bits per heavy atom. The smallest absolute Gasteiger partial charge is 0.408 e. The number of aromatic nitrogens is 4. The Kier molecular flexibility index (Phi) is 6.32. The molecule has 1 aromatic carbocycles. The van der Waals surface area contributed by atoms with E-state index in [4.69, 9.17) is 15.2 Å². The molecule has 1 saturated heterocycles. The number of carbonyl (C=O) groups excluding carboxylic acids is 1. The predicted octanol–water partition coefficient (Wildman–Crippen LogP) is -0.594. The van der Waals surface area contributed by atoms with Gasteiger partial charge in [0.2, 0.25) is 0 Å². The largest absolute Gasteiger partial charge is 0.508 e. The predicted molar refractivity (Wildman–Crippen MR) is 110 cm³/mol. The summed E-state index contributed by atoms with van der Waals surface area (Å²) in [4.78, 5) is 24.2. The number of nitrogens with one attached hydrogen (secondary N) is 2. The Morgan fingerprint density at radius 2 is 1.97 bits per heavy atom. The number of amides is 1. The van der Waals surface area contributed by atoms with E-state index in [0.717, 1.165) is 5.56 Å². The van der Waals surface area contributed by atoms with Gasteiger partial charge in [-0.25, -0.2) is 19.7 Å². The summed E-state index contributed by atoms with van der Waals surface area (Å²) in [5.41, 5.74) is 6.95. The standard InChI is InChI=1S/C19H23N7O6/c20-7-22-19(30)31-6-12-14(28)15(29)18(32-12)26-9-25-13-16(23-8-24-17(13)26)21-5-10-1-3-11(27)4-2-10/h1-4,8-9,12,14-15,18,27-29H,5-7,20H2,(H,22,30)(H,21,23,24)/t12-,14?,15+,18-/m1/s1. The zero-order valence-electron chi connectivity index (χ0n) is 16.8. The van der Waals surface area contributed by atoms with E-state index in [9.17, 15) is 20.1 Å². The fraction of sp³-hybridized carbons (Fsp3) is 0.368. The highest BCUT2D eigenvalue weighted by Gasteiger charge is 2.45. The zero-order valence-corrected chi connectivity index (χ0v) is 16.8. The van der Waals surface area contributed by atoms with Crippen LogP contribution >= 0.6 is 0 Å².